The Kier molecular flexibility index (Phi) is 2.29. The second kappa shape index (κ2) is 3.71. The average molecular weight is 220 g/mol. The van der Waals surface area contributed by atoms with Gasteiger partial charge in [0.1, 0.15) is 0 Å². The van der Waals surface area contributed by atoms with E-state index in [4.69, 9.17) is 0 Å². The summed E-state index contributed by atoms with van der Waals surface area (Å²) in [6.07, 6.45) is 14.9. The highest BCUT2D eigenvalue weighted by Gasteiger charge is 2.48. The van der Waals surface area contributed by atoms with Crippen LogP contribution in [0.1, 0.15) is 64.2 Å². The van der Waals surface area contributed by atoms with Crippen LogP contribution in [0.15, 0.2) is 0 Å². The standard InChI is InChI=1S/C14H24N2/c1-2-4-12-6-5-11(3-1)15-13-7-9-14(10-8-13)16(12)15/h11-14H,1-10H2/t11-,12+,13?,14?. The first-order valence-corrected chi connectivity index (χ1v) is 7.50. The summed E-state index contributed by atoms with van der Waals surface area (Å²) in [4.78, 5) is 0. The first-order valence-electron chi connectivity index (χ1n) is 7.50. The summed E-state index contributed by atoms with van der Waals surface area (Å²) in [5.74, 6) is 0. The van der Waals surface area contributed by atoms with Crippen LogP contribution in [0, 0.1) is 0 Å². The molecule has 0 amide bonds. The van der Waals surface area contributed by atoms with Gasteiger partial charge in [-0.05, 0) is 51.4 Å². The van der Waals surface area contributed by atoms with Gasteiger partial charge in [-0.25, -0.2) is 10.0 Å². The lowest BCUT2D eigenvalue weighted by molar-refractivity contribution is -0.231. The highest BCUT2D eigenvalue weighted by Crippen LogP contribution is 2.44. The SMILES string of the molecule is C1CC[C@H]2CC[C@@H](C1)N1C3CCC(CC3)N21. The van der Waals surface area contributed by atoms with Gasteiger partial charge in [0.05, 0.1) is 0 Å². The Labute approximate surface area is 98.9 Å². The summed E-state index contributed by atoms with van der Waals surface area (Å²) in [6, 6.07) is 3.70. The fourth-order valence-electron chi connectivity index (χ4n) is 4.90. The van der Waals surface area contributed by atoms with Crippen molar-refractivity contribution in [3.05, 3.63) is 0 Å². The van der Waals surface area contributed by atoms with E-state index in [1.807, 2.05) is 0 Å². The minimum Gasteiger partial charge on any atom is -0.235 e. The maximum Gasteiger partial charge on any atom is 0.0250 e. The van der Waals surface area contributed by atoms with Crippen molar-refractivity contribution < 1.29 is 0 Å². The molecule has 0 aromatic rings. The third-order valence-corrected chi connectivity index (χ3v) is 5.59. The molecule has 16 heavy (non-hydrogen) atoms. The lowest BCUT2D eigenvalue weighted by Crippen LogP contribution is -2.69. The topological polar surface area (TPSA) is 6.48 Å². The van der Waals surface area contributed by atoms with Crippen molar-refractivity contribution >= 4 is 0 Å². The van der Waals surface area contributed by atoms with E-state index in [1.54, 1.807) is 0 Å². The van der Waals surface area contributed by atoms with Crippen LogP contribution in [0.5, 0.6) is 0 Å². The minimum absolute atomic E-state index is 0.921. The molecule has 0 N–H and O–H groups in total. The van der Waals surface area contributed by atoms with Gasteiger partial charge in [0.15, 0.2) is 0 Å². The lowest BCUT2D eigenvalue weighted by atomic mass is 9.80. The van der Waals surface area contributed by atoms with E-state index in [9.17, 15) is 0 Å². The maximum absolute atomic E-state index is 2.88. The molecule has 6 rings (SSSR count). The van der Waals surface area contributed by atoms with Gasteiger partial charge in [0, 0.05) is 24.2 Å². The Balaban J connectivity index is 1.69. The van der Waals surface area contributed by atoms with E-state index < -0.39 is 0 Å². The van der Waals surface area contributed by atoms with Crippen molar-refractivity contribution in [1.82, 2.24) is 10.0 Å². The average Bonchev–Trinajstić information content (AvgIpc) is 2.30. The van der Waals surface area contributed by atoms with E-state index in [1.165, 1.54) is 64.2 Å². The van der Waals surface area contributed by atoms with Crippen molar-refractivity contribution in [2.45, 2.75) is 88.4 Å². The van der Waals surface area contributed by atoms with E-state index >= 15 is 0 Å². The maximum atomic E-state index is 2.88. The summed E-state index contributed by atoms with van der Waals surface area (Å²) in [5, 5.41) is 5.76. The number of fused-ring (bicyclic) bond motifs is 6. The second-order valence-electron chi connectivity index (χ2n) is 6.39. The van der Waals surface area contributed by atoms with Crippen LogP contribution in [0.25, 0.3) is 0 Å². The van der Waals surface area contributed by atoms with Gasteiger partial charge in [-0.2, -0.15) is 0 Å². The molecule has 4 aliphatic heterocycles. The minimum atomic E-state index is 0.921. The van der Waals surface area contributed by atoms with Gasteiger partial charge in [0.2, 0.25) is 0 Å². The van der Waals surface area contributed by atoms with Crippen molar-refractivity contribution in [3.63, 3.8) is 0 Å². The molecular weight excluding hydrogens is 196 g/mol. The summed E-state index contributed by atoms with van der Waals surface area (Å²) in [5.41, 5.74) is 0. The highest BCUT2D eigenvalue weighted by molar-refractivity contribution is 4.98. The Morgan fingerprint density at radius 3 is 1.12 bits per heavy atom. The van der Waals surface area contributed by atoms with E-state index in [0.29, 0.717) is 0 Å². The summed E-state index contributed by atoms with van der Waals surface area (Å²) >= 11 is 0. The van der Waals surface area contributed by atoms with Crippen LogP contribution in [-0.2, 0) is 0 Å². The fraction of sp³-hybridized carbons (Fsp3) is 1.00. The molecule has 2 unspecified atom stereocenters. The van der Waals surface area contributed by atoms with Crippen LogP contribution in [0.4, 0.5) is 0 Å². The molecule has 0 aromatic heterocycles. The molecule has 90 valence electrons. The normalized spacial score (nSPS) is 55.5. The first kappa shape index (κ1) is 9.90. The Morgan fingerprint density at radius 2 is 0.750 bits per heavy atom. The molecule has 6 aliphatic rings. The van der Waals surface area contributed by atoms with E-state index in [-0.39, 0.29) is 0 Å². The zero-order chi connectivity index (χ0) is 10.5. The molecule has 0 radical (unpaired) electrons. The Morgan fingerprint density at radius 1 is 0.438 bits per heavy atom. The largest absolute Gasteiger partial charge is 0.235 e. The monoisotopic (exact) mass is 220 g/mol. The van der Waals surface area contributed by atoms with Crippen molar-refractivity contribution in [2.75, 3.05) is 0 Å². The van der Waals surface area contributed by atoms with Gasteiger partial charge in [0.25, 0.3) is 0 Å². The Hall–Kier alpha value is -0.0800. The van der Waals surface area contributed by atoms with Crippen molar-refractivity contribution in [2.24, 2.45) is 0 Å². The van der Waals surface area contributed by atoms with Crippen molar-refractivity contribution in [1.29, 1.82) is 0 Å². The van der Waals surface area contributed by atoms with Gasteiger partial charge in [-0.1, -0.05) is 12.8 Å². The molecule has 0 aromatic carbocycles. The van der Waals surface area contributed by atoms with Gasteiger partial charge in [-0.3, -0.25) is 0 Å². The fourth-order valence-corrected chi connectivity index (χ4v) is 4.90. The molecule has 2 heteroatoms. The van der Waals surface area contributed by atoms with E-state index in [2.05, 4.69) is 10.0 Å². The molecule has 4 bridgehead atoms. The molecular formula is C14H24N2. The molecule has 4 saturated heterocycles. The molecule has 6 fully saturated rings. The molecule has 2 saturated carbocycles. The number of rotatable bonds is 0. The number of hydrogen-bond donors (Lipinski definition) is 0. The van der Waals surface area contributed by atoms with Gasteiger partial charge in [-0.15, -0.1) is 0 Å². The number of nitrogens with zero attached hydrogens (tertiary/aromatic N) is 2. The van der Waals surface area contributed by atoms with Crippen LogP contribution < -0.4 is 0 Å². The second-order valence-corrected chi connectivity index (χ2v) is 6.39. The number of hydrogen-bond acceptors (Lipinski definition) is 2. The third kappa shape index (κ3) is 1.32. The van der Waals surface area contributed by atoms with Crippen LogP contribution in [0.2, 0.25) is 0 Å². The third-order valence-electron chi connectivity index (χ3n) is 5.59. The van der Waals surface area contributed by atoms with Crippen molar-refractivity contribution in [3.8, 4) is 0 Å². The zero-order valence-corrected chi connectivity index (χ0v) is 10.3. The smallest absolute Gasteiger partial charge is 0.0250 e. The molecule has 0 spiro atoms. The predicted molar refractivity (Wildman–Crippen MR) is 65.0 cm³/mol. The first-order chi connectivity index (χ1) is 7.93. The Bertz CT molecular complexity index is 238. The molecule has 4 heterocycles. The van der Waals surface area contributed by atoms with E-state index in [0.717, 1.165) is 24.2 Å². The summed E-state index contributed by atoms with van der Waals surface area (Å²) < 4.78 is 0. The number of hydrazine groups is 1. The molecule has 4 atom stereocenters. The molecule has 2 aliphatic carbocycles. The predicted octanol–water partition coefficient (Wildman–Crippen LogP) is 2.94. The van der Waals surface area contributed by atoms with Crippen LogP contribution >= 0.6 is 0 Å². The van der Waals surface area contributed by atoms with Crippen LogP contribution in [-0.4, -0.2) is 34.2 Å². The summed E-state index contributed by atoms with van der Waals surface area (Å²) in [7, 11) is 0. The quantitative estimate of drug-likeness (QED) is 0.619. The lowest BCUT2D eigenvalue weighted by Gasteiger charge is -2.62. The van der Waals surface area contributed by atoms with Gasteiger partial charge < -0.3 is 0 Å². The summed E-state index contributed by atoms with van der Waals surface area (Å²) in [6.45, 7) is 0. The highest BCUT2D eigenvalue weighted by atomic mass is 15.7. The van der Waals surface area contributed by atoms with Crippen LogP contribution in [0.3, 0.4) is 0 Å². The zero-order valence-electron chi connectivity index (χ0n) is 10.3. The molecule has 2 nitrogen and oxygen atoms in total. The van der Waals surface area contributed by atoms with Gasteiger partial charge >= 0.3 is 0 Å².